The highest BCUT2D eigenvalue weighted by Crippen LogP contribution is 2.17. The van der Waals surface area contributed by atoms with Gasteiger partial charge >= 0.3 is 0 Å². The van der Waals surface area contributed by atoms with Crippen molar-refractivity contribution in [1.29, 1.82) is 0 Å². The minimum Gasteiger partial charge on any atom is -0.494 e. The molecule has 2 atom stereocenters. The smallest absolute Gasteiger partial charge is 0.243 e. The Morgan fingerprint density at radius 1 is 1.03 bits per heavy atom. The van der Waals surface area contributed by atoms with E-state index in [9.17, 15) is 9.59 Å². The predicted octanol–water partition coefficient (Wildman–Crippen LogP) is 5.22. The standard InChI is InChI=1S/C25H33ClN2O3/c1-4-19(3)27-25(30)23(5-2)28(18-20-13-15-21(26)16-14-20)24(29)12-9-17-31-22-10-7-6-8-11-22/h6-8,10-11,13-16,19,23H,4-5,9,12,17-18H2,1-3H3,(H,27,30). The van der Waals surface area contributed by atoms with Crippen molar-refractivity contribution in [2.75, 3.05) is 6.61 Å². The fraction of sp³-hybridized carbons (Fsp3) is 0.440. The molecule has 0 bridgehead atoms. The Hall–Kier alpha value is -2.53. The quantitative estimate of drug-likeness (QED) is 0.456. The third-order valence-electron chi connectivity index (χ3n) is 5.20. The molecule has 0 fully saturated rings. The Morgan fingerprint density at radius 2 is 1.71 bits per heavy atom. The van der Waals surface area contributed by atoms with Gasteiger partial charge < -0.3 is 15.0 Å². The molecule has 1 N–H and O–H groups in total. The van der Waals surface area contributed by atoms with E-state index in [0.717, 1.165) is 17.7 Å². The summed E-state index contributed by atoms with van der Waals surface area (Å²) in [6.07, 6.45) is 2.27. The Kier molecular flexibility index (Phi) is 10.4. The highest BCUT2D eigenvalue weighted by molar-refractivity contribution is 6.30. The van der Waals surface area contributed by atoms with E-state index in [1.165, 1.54) is 0 Å². The molecule has 2 unspecified atom stereocenters. The number of carbonyl (C=O) groups is 2. The number of amides is 2. The highest BCUT2D eigenvalue weighted by atomic mass is 35.5. The Balaban J connectivity index is 2.06. The maximum Gasteiger partial charge on any atom is 0.243 e. The zero-order valence-electron chi connectivity index (χ0n) is 18.6. The van der Waals surface area contributed by atoms with E-state index in [1.807, 2.05) is 63.2 Å². The van der Waals surface area contributed by atoms with Gasteiger partial charge in [0, 0.05) is 24.0 Å². The molecule has 0 saturated heterocycles. The SMILES string of the molecule is CCC(C)NC(=O)C(CC)N(Cc1ccc(Cl)cc1)C(=O)CCCOc1ccccc1. The maximum absolute atomic E-state index is 13.2. The summed E-state index contributed by atoms with van der Waals surface area (Å²) in [5, 5.41) is 3.66. The number of halogens is 1. The van der Waals surface area contributed by atoms with Crippen LogP contribution in [0.5, 0.6) is 5.75 Å². The lowest BCUT2D eigenvalue weighted by atomic mass is 10.1. The van der Waals surface area contributed by atoms with Gasteiger partial charge in [-0.15, -0.1) is 0 Å². The van der Waals surface area contributed by atoms with Gasteiger partial charge in [0.1, 0.15) is 11.8 Å². The van der Waals surface area contributed by atoms with Crippen LogP contribution in [0.3, 0.4) is 0 Å². The van der Waals surface area contributed by atoms with Crippen molar-refractivity contribution in [3.63, 3.8) is 0 Å². The van der Waals surface area contributed by atoms with Gasteiger partial charge in [-0.25, -0.2) is 0 Å². The molecular weight excluding hydrogens is 412 g/mol. The molecule has 0 saturated carbocycles. The Bertz CT molecular complexity index is 811. The van der Waals surface area contributed by atoms with Crippen LogP contribution in [0.15, 0.2) is 54.6 Å². The molecule has 0 radical (unpaired) electrons. The predicted molar refractivity (Wildman–Crippen MR) is 125 cm³/mol. The van der Waals surface area contributed by atoms with Crippen molar-refractivity contribution in [2.24, 2.45) is 0 Å². The number of benzene rings is 2. The number of hydrogen-bond donors (Lipinski definition) is 1. The summed E-state index contributed by atoms with van der Waals surface area (Å²) in [4.78, 5) is 27.7. The highest BCUT2D eigenvalue weighted by Gasteiger charge is 2.28. The van der Waals surface area contributed by atoms with Crippen molar-refractivity contribution in [1.82, 2.24) is 10.2 Å². The number of para-hydroxylation sites is 1. The second kappa shape index (κ2) is 13.0. The minimum absolute atomic E-state index is 0.0576. The van der Waals surface area contributed by atoms with Crippen LogP contribution in [0.1, 0.15) is 52.0 Å². The topological polar surface area (TPSA) is 58.6 Å². The van der Waals surface area contributed by atoms with Crippen LogP contribution in [0.25, 0.3) is 0 Å². The molecule has 5 nitrogen and oxygen atoms in total. The van der Waals surface area contributed by atoms with Crippen LogP contribution in [0.2, 0.25) is 5.02 Å². The number of rotatable bonds is 12. The second-order valence-corrected chi connectivity index (χ2v) is 8.09. The van der Waals surface area contributed by atoms with Crippen molar-refractivity contribution >= 4 is 23.4 Å². The van der Waals surface area contributed by atoms with E-state index >= 15 is 0 Å². The van der Waals surface area contributed by atoms with E-state index in [4.69, 9.17) is 16.3 Å². The molecule has 0 heterocycles. The van der Waals surface area contributed by atoms with Gasteiger partial charge in [-0.2, -0.15) is 0 Å². The lowest BCUT2D eigenvalue weighted by Crippen LogP contribution is -2.50. The van der Waals surface area contributed by atoms with Crippen molar-refractivity contribution in [2.45, 2.75) is 65.1 Å². The fourth-order valence-electron chi connectivity index (χ4n) is 3.22. The van der Waals surface area contributed by atoms with Crippen LogP contribution in [-0.4, -0.2) is 35.4 Å². The largest absolute Gasteiger partial charge is 0.494 e. The molecular formula is C25H33ClN2O3. The zero-order valence-corrected chi connectivity index (χ0v) is 19.4. The fourth-order valence-corrected chi connectivity index (χ4v) is 3.35. The van der Waals surface area contributed by atoms with E-state index in [0.29, 0.717) is 37.4 Å². The first-order valence-electron chi connectivity index (χ1n) is 11.0. The third-order valence-corrected chi connectivity index (χ3v) is 5.45. The summed E-state index contributed by atoms with van der Waals surface area (Å²) in [7, 11) is 0. The molecule has 6 heteroatoms. The first-order chi connectivity index (χ1) is 14.9. The maximum atomic E-state index is 13.2. The molecule has 2 aromatic rings. The monoisotopic (exact) mass is 444 g/mol. The van der Waals surface area contributed by atoms with Gasteiger partial charge in [0.05, 0.1) is 6.61 Å². The molecule has 168 valence electrons. The Labute approximate surface area is 190 Å². The summed E-state index contributed by atoms with van der Waals surface area (Å²) in [6.45, 7) is 6.73. The summed E-state index contributed by atoms with van der Waals surface area (Å²) in [5.74, 6) is 0.616. The molecule has 0 aliphatic rings. The van der Waals surface area contributed by atoms with Crippen molar-refractivity contribution in [3.05, 3.63) is 65.2 Å². The van der Waals surface area contributed by atoms with Gasteiger partial charge in [-0.3, -0.25) is 9.59 Å². The Morgan fingerprint density at radius 3 is 2.32 bits per heavy atom. The summed E-state index contributed by atoms with van der Waals surface area (Å²) in [5.41, 5.74) is 0.938. The van der Waals surface area contributed by atoms with Gasteiger partial charge in [-0.1, -0.05) is 55.8 Å². The summed E-state index contributed by atoms with van der Waals surface area (Å²) >= 11 is 6.00. The van der Waals surface area contributed by atoms with Crippen molar-refractivity contribution < 1.29 is 14.3 Å². The number of nitrogens with one attached hydrogen (secondary N) is 1. The van der Waals surface area contributed by atoms with Gasteiger partial charge in [0.25, 0.3) is 0 Å². The zero-order chi connectivity index (χ0) is 22.6. The van der Waals surface area contributed by atoms with Gasteiger partial charge in [-0.05, 0) is 56.0 Å². The molecule has 0 aliphatic heterocycles. The lowest BCUT2D eigenvalue weighted by molar-refractivity contribution is -0.141. The van der Waals surface area contributed by atoms with Crippen LogP contribution >= 0.6 is 11.6 Å². The molecule has 2 amide bonds. The summed E-state index contributed by atoms with van der Waals surface area (Å²) < 4.78 is 5.70. The molecule has 31 heavy (non-hydrogen) atoms. The van der Waals surface area contributed by atoms with Crippen LogP contribution < -0.4 is 10.1 Å². The van der Waals surface area contributed by atoms with E-state index in [2.05, 4.69) is 5.32 Å². The number of carbonyl (C=O) groups excluding carboxylic acids is 2. The second-order valence-electron chi connectivity index (χ2n) is 7.66. The average molecular weight is 445 g/mol. The summed E-state index contributed by atoms with van der Waals surface area (Å²) in [6, 6.07) is 16.5. The number of ether oxygens (including phenoxy) is 1. The molecule has 0 spiro atoms. The van der Waals surface area contributed by atoms with Gasteiger partial charge in [0.2, 0.25) is 11.8 Å². The molecule has 0 aliphatic carbocycles. The van der Waals surface area contributed by atoms with Crippen LogP contribution in [0.4, 0.5) is 0 Å². The number of hydrogen-bond acceptors (Lipinski definition) is 3. The molecule has 2 aromatic carbocycles. The third kappa shape index (κ3) is 8.25. The van der Waals surface area contributed by atoms with E-state index in [-0.39, 0.29) is 17.9 Å². The minimum atomic E-state index is -0.521. The van der Waals surface area contributed by atoms with E-state index in [1.54, 1.807) is 17.0 Å². The van der Waals surface area contributed by atoms with E-state index < -0.39 is 6.04 Å². The first-order valence-corrected chi connectivity index (χ1v) is 11.3. The van der Waals surface area contributed by atoms with Crippen LogP contribution in [0, 0.1) is 0 Å². The molecule has 2 rings (SSSR count). The first kappa shape index (κ1) is 24.7. The average Bonchev–Trinajstić information content (AvgIpc) is 2.78. The normalized spacial score (nSPS) is 12.6. The lowest BCUT2D eigenvalue weighted by Gasteiger charge is -2.31. The van der Waals surface area contributed by atoms with Gasteiger partial charge in [0.15, 0.2) is 0 Å². The molecule has 0 aromatic heterocycles. The van der Waals surface area contributed by atoms with Crippen LogP contribution in [-0.2, 0) is 16.1 Å². The number of nitrogens with zero attached hydrogens (tertiary/aromatic N) is 1. The van der Waals surface area contributed by atoms with Crippen molar-refractivity contribution in [3.8, 4) is 5.75 Å².